The highest BCUT2D eigenvalue weighted by molar-refractivity contribution is 6.09. The quantitative estimate of drug-likeness (QED) is 0.729. The summed E-state index contributed by atoms with van der Waals surface area (Å²) in [5.74, 6) is -0.871. The normalized spacial score (nSPS) is 9.64. The van der Waals surface area contributed by atoms with Crippen LogP contribution in [0.15, 0.2) is 72.8 Å². The number of hydrogen-bond donors (Lipinski definition) is 2. The Balaban J connectivity index is 1.80. The number of carbonyl (C=O) groups is 2. The van der Waals surface area contributed by atoms with Crippen molar-refractivity contribution >= 4 is 23.2 Å². The van der Waals surface area contributed by atoms with Gasteiger partial charge in [-0.3, -0.25) is 9.59 Å². The first-order valence-corrected chi connectivity index (χ1v) is 8.33. The number of nitrogens with zero attached hydrogens (tertiary/aromatic N) is 2. The first-order chi connectivity index (χ1) is 13.6. The van der Waals surface area contributed by atoms with E-state index >= 15 is 0 Å². The molecule has 3 rings (SSSR count). The summed E-state index contributed by atoms with van der Waals surface area (Å²) in [5.41, 5.74) is 2.03. The summed E-state index contributed by atoms with van der Waals surface area (Å²) in [7, 11) is 0. The van der Waals surface area contributed by atoms with Crippen LogP contribution in [0.5, 0.6) is 0 Å². The van der Waals surface area contributed by atoms with Gasteiger partial charge in [0.05, 0.1) is 22.5 Å². The van der Waals surface area contributed by atoms with E-state index in [0.29, 0.717) is 22.5 Å². The molecule has 0 saturated heterocycles. The van der Waals surface area contributed by atoms with E-state index in [1.54, 1.807) is 66.7 Å². The molecule has 0 atom stereocenters. The molecule has 0 saturated carbocycles. The monoisotopic (exact) mass is 366 g/mol. The third kappa shape index (κ3) is 4.04. The molecule has 0 spiro atoms. The van der Waals surface area contributed by atoms with E-state index in [1.165, 1.54) is 6.07 Å². The van der Waals surface area contributed by atoms with Gasteiger partial charge >= 0.3 is 0 Å². The van der Waals surface area contributed by atoms with Gasteiger partial charge in [0.15, 0.2) is 0 Å². The Hall–Kier alpha value is -4.42. The molecule has 0 aliphatic carbocycles. The van der Waals surface area contributed by atoms with Gasteiger partial charge in [-0.25, -0.2) is 0 Å². The first kappa shape index (κ1) is 18.4. The second kappa shape index (κ2) is 8.31. The fourth-order valence-electron chi connectivity index (χ4n) is 2.57. The number of rotatable bonds is 4. The second-order valence-electron chi connectivity index (χ2n) is 5.80. The van der Waals surface area contributed by atoms with Crippen molar-refractivity contribution < 1.29 is 9.59 Å². The summed E-state index contributed by atoms with van der Waals surface area (Å²) in [4.78, 5) is 25.0. The van der Waals surface area contributed by atoms with Crippen molar-refractivity contribution in [1.82, 2.24) is 0 Å². The van der Waals surface area contributed by atoms with Crippen LogP contribution in [0.3, 0.4) is 0 Å². The minimum atomic E-state index is -0.435. The van der Waals surface area contributed by atoms with Gasteiger partial charge in [-0.1, -0.05) is 30.3 Å². The van der Waals surface area contributed by atoms with Crippen LogP contribution >= 0.6 is 0 Å². The fraction of sp³-hybridized carbons (Fsp3) is 0. The fourth-order valence-corrected chi connectivity index (χ4v) is 2.57. The van der Waals surface area contributed by atoms with Gasteiger partial charge in [0.2, 0.25) is 0 Å². The molecule has 6 nitrogen and oxygen atoms in total. The molecule has 0 bridgehead atoms. The van der Waals surface area contributed by atoms with Crippen LogP contribution in [-0.2, 0) is 0 Å². The van der Waals surface area contributed by atoms with Crippen molar-refractivity contribution in [3.63, 3.8) is 0 Å². The predicted octanol–water partition coefficient (Wildman–Crippen LogP) is 3.93. The molecule has 0 heterocycles. The van der Waals surface area contributed by atoms with Crippen molar-refractivity contribution in [3.8, 4) is 12.1 Å². The number of nitriles is 2. The zero-order valence-corrected chi connectivity index (χ0v) is 14.6. The second-order valence-corrected chi connectivity index (χ2v) is 5.80. The Bertz CT molecular complexity index is 1050. The maximum atomic E-state index is 12.5. The zero-order chi connectivity index (χ0) is 19.9. The van der Waals surface area contributed by atoms with Gasteiger partial charge in [0.25, 0.3) is 11.8 Å². The maximum Gasteiger partial charge on any atom is 0.255 e. The van der Waals surface area contributed by atoms with Crippen LogP contribution in [0.25, 0.3) is 0 Å². The lowest BCUT2D eigenvalue weighted by Gasteiger charge is -2.09. The lowest BCUT2D eigenvalue weighted by Crippen LogP contribution is -2.16. The standard InChI is InChI=1S/C22H14N4O2/c23-13-17-6-1-3-10-19(17)25-21(27)15-8-5-9-16(12-15)22(28)26-20-11-4-2-7-18(20)14-24/h1-12H,(H,25,27)(H,26,28). The van der Waals surface area contributed by atoms with E-state index in [-0.39, 0.29) is 11.1 Å². The molecule has 2 N–H and O–H groups in total. The Morgan fingerprint density at radius 2 is 1.07 bits per heavy atom. The lowest BCUT2D eigenvalue weighted by atomic mass is 10.1. The Kier molecular flexibility index (Phi) is 5.45. The Morgan fingerprint density at radius 3 is 1.50 bits per heavy atom. The Labute approximate surface area is 161 Å². The van der Waals surface area contributed by atoms with E-state index in [9.17, 15) is 9.59 Å². The number of benzene rings is 3. The minimum absolute atomic E-state index is 0.272. The summed E-state index contributed by atoms with van der Waals surface area (Å²) >= 11 is 0. The van der Waals surface area contributed by atoms with Gasteiger partial charge in [0, 0.05) is 11.1 Å². The minimum Gasteiger partial charge on any atom is -0.321 e. The number of hydrogen-bond acceptors (Lipinski definition) is 4. The number of anilines is 2. The topological polar surface area (TPSA) is 106 Å². The van der Waals surface area contributed by atoms with Crippen molar-refractivity contribution in [2.24, 2.45) is 0 Å². The van der Waals surface area contributed by atoms with Crippen molar-refractivity contribution in [3.05, 3.63) is 95.1 Å². The van der Waals surface area contributed by atoms with Crippen LogP contribution in [0.1, 0.15) is 31.8 Å². The number of amides is 2. The third-order valence-corrected chi connectivity index (χ3v) is 3.98. The maximum absolute atomic E-state index is 12.5. The predicted molar refractivity (Wildman–Crippen MR) is 105 cm³/mol. The van der Waals surface area contributed by atoms with E-state index in [0.717, 1.165) is 0 Å². The number of nitrogens with one attached hydrogen (secondary N) is 2. The van der Waals surface area contributed by atoms with E-state index in [2.05, 4.69) is 10.6 Å². The van der Waals surface area contributed by atoms with E-state index in [1.807, 2.05) is 12.1 Å². The van der Waals surface area contributed by atoms with E-state index < -0.39 is 11.8 Å². The van der Waals surface area contributed by atoms with Gasteiger partial charge in [0.1, 0.15) is 12.1 Å². The Morgan fingerprint density at radius 1 is 0.643 bits per heavy atom. The molecule has 0 aliphatic heterocycles. The molecule has 2 amide bonds. The largest absolute Gasteiger partial charge is 0.321 e. The van der Waals surface area contributed by atoms with Crippen molar-refractivity contribution in [1.29, 1.82) is 10.5 Å². The molecular weight excluding hydrogens is 352 g/mol. The van der Waals surface area contributed by atoms with Gasteiger partial charge in [-0.15, -0.1) is 0 Å². The zero-order valence-electron chi connectivity index (χ0n) is 14.6. The highest BCUT2D eigenvalue weighted by atomic mass is 16.2. The van der Waals surface area contributed by atoms with Crippen LogP contribution < -0.4 is 10.6 Å². The average molecular weight is 366 g/mol. The molecule has 0 radical (unpaired) electrons. The highest BCUT2D eigenvalue weighted by Gasteiger charge is 2.13. The molecule has 0 aromatic heterocycles. The summed E-state index contributed by atoms with van der Waals surface area (Å²) < 4.78 is 0. The average Bonchev–Trinajstić information content (AvgIpc) is 2.74. The smallest absolute Gasteiger partial charge is 0.255 e. The van der Waals surface area contributed by atoms with Crippen LogP contribution in [-0.4, -0.2) is 11.8 Å². The van der Waals surface area contributed by atoms with Crippen LogP contribution in [0, 0.1) is 22.7 Å². The van der Waals surface area contributed by atoms with Crippen molar-refractivity contribution in [2.45, 2.75) is 0 Å². The van der Waals surface area contributed by atoms with E-state index in [4.69, 9.17) is 10.5 Å². The summed E-state index contributed by atoms with van der Waals surface area (Å²) in [6.45, 7) is 0. The number of carbonyl (C=O) groups excluding carboxylic acids is 2. The summed E-state index contributed by atoms with van der Waals surface area (Å²) in [6, 6.07) is 23.5. The van der Waals surface area contributed by atoms with Gasteiger partial charge in [-0.2, -0.15) is 10.5 Å². The summed E-state index contributed by atoms with van der Waals surface area (Å²) in [6.07, 6.45) is 0. The third-order valence-electron chi connectivity index (χ3n) is 3.98. The van der Waals surface area contributed by atoms with Crippen molar-refractivity contribution in [2.75, 3.05) is 10.6 Å². The molecule has 0 unspecified atom stereocenters. The molecule has 3 aromatic carbocycles. The molecule has 6 heteroatoms. The first-order valence-electron chi connectivity index (χ1n) is 8.33. The SMILES string of the molecule is N#Cc1ccccc1NC(=O)c1cccc(C(=O)Nc2ccccc2C#N)c1. The molecule has 134 valence electrons. The van der Waals surface area contributed by atoms with Gasteiger partial charge in [-0.05, 0) is 42.5 Å². The summed E-state index contributed by atoms with van der Waals surface area (Å²) in [5, 5.41) is 23.6. The lowest BCUT2D eigenvalue weighted by molar-refractivity contribution is 0.102. The number of para-hydroxylation sites is 2. The molecule has 28 heavy (non-hydrogen) atoms. The van der Waals surface area contributed by atoms with Crippen LogP contribution in [0.2, 0.25) is 0 Å². The molecular formula is C22H14N4O2. The van der Waals surface area contributed by atoms with Gasteiger partial charge < -0.3 is 10.6 Å². The molecule has 3 aromatic rings. The van der Waals surface area contributed by atoms with Crippen LogP contribution in [0.4, 0.5) is 11.4 Å². The molecule has 0 fully saturated rings. The highest BCUT2D eigenvalue weighted by Crippen LogP contribution is 2.17. The molecule has 0 aliphatic rings.